The molecule has 0 spiro atoms. The number of carbonyl (C=O) groups excluding carboxylic acids is 7. The van der Waals surface area contributed by atoms with E-state index in [9.17, 15) is 33.6 Å². The molecule has 13 heteroatoms. The standard InChI is InChI=1S/C27H35N5O8/c1-27(2,3)31-21(35)12-11-19(33)28-13-4-5-14-29-22(36)15-40-18-8-6-7-16-23(18)26(39)32(25(16)38)17-9-10-20(34)30-24(17)37/h6-8,17H,4-5,9-15H2,1-3H3,(H,28,33)(H,29,36)(H,31,35)(H,30,34,37). The Morgan fingerprint density at radius 3 is 2.25 bits per heavy atom. The fourth-order valence-electron chi connectivity index (χ4n) is 4.30. The smallest absolute Gasteiger partial charge is 0.266 e. The average molecular weight is 558 g/mol. The molecule has 1 aromatic carbocycles. The van der Waals surface area contributed by atoms with Crippen molar-refractivity contribution in [2.75, 3.05) is 19.7 Å². The second-order valence-corrected chi connectivity index (χ2v) is 10.6. The summed E-state index contributed by atoms with van der Waals surface area (Å²) < 4.78 is 5.54. The van der Waals surface area contributed by atoms with E-state index in [0.29, 0.717) is 25.9 Å². The summed E-state index contributed by atoms with van der Waals surface area (Å²) in [5.41, 5.74) is -0.319. The number of piperidine rings is 1. The fourth-order valence-corrected chi connectivity index (χ4v) is 4.30. The molecule has 2 heterocycles. The summed E-state index contributed by atoms with van der Waals surface area (Å²) in [7, 11) is 0. The Hall–Kier alpha value is -4.29. The number of amides is 7. The Morgan fingerprint density at radius 1 is 0.950 bits per heavy atom. The predicted octanol–water partition coefficient (Wildman–Crippen LogP) is 0.174. The number of imide groups is 2. The maximum atomic E-state index is 13.1. The van der Waals surface area contributed by atoms with Gasteiger partial charge in [-0.1, -0.05) is 6.07 Å². The molecule has 4 N–H and O–H groups in total. The van der Waals surface area contributed by atoms with Gasteiger partial charge in [0.25, 0.3) is 17.7 Å². The largest absolute Gasteiger partial charge is 0.483 e. The Bertz CT molecular complexity index is 1210. The molecule has 1 fully saturated rings. The zero-order valence-electron chi connectivity index (χ0n) is 22.9. The lowest BCUT2D eigenvalue weighted by molar-refractivity contribution is -0.136. The molecule has 7 amide bonds. The van der Waals surface area contributed by atoms with Crippen LogP contribution in [0.2, 0.25) is 0 Å². The predicted molar refractivity (Wildman–Crippen MR) is 141 cm³/mol. The van der Waals surface area contributed by atoms with E-state index in [0.717, 1.165) is 4.90 Å². The third kappa shape index (κ3) is 8.10. The van der Waals surface area contributed by atoms with Crippen LogP contribution in [0.3, 0.4) is 0 Å². The number of unbranched alkanes of at least 4 members (excludes halogenated alkanes) is 1. The first-order chi connectivity index (χ1) is 18.9. The number of hydrogen-bond donors (Lipinski definition) is 4. The van der Waals surface area contributed by atoms with Crippen LogP contribution in [0.15, 0.2) is 18.2 Å². The Labute approximate surface area is 231 Å². The van der Waals surface area contributed by atoms with Gasteiger partial charge in [0, 0.05) is 37.9 Å². The minimum absolute atomic E-state index is 0.0100. The number of nitrogens with zero attached hydrogens (tertiary/aromatic N) is 1. The molecule has 1 atom stereocenters. The highest BCUT2D eigenvalue weighted by atomic mass is 16.5. The second-order valence-electron chi connectivity index (χ2n) is 10.6. The maximum Gasteiger partial charge on any atom is 0.266 e. The van der Waals surface area contributed by atoms with Gasteiger partial charge in [0.05, 0.1) is 11.1 Å². The summed E-state index contributed by atoms with van der Waals surface area (Å²) in [6, 6.07) is 3.31. The third-order valence-corrected chi connectivity index (χ3v) is 6.13. The first-order valence-electron chi connectivity index (χ1n) is 13.2. The van der Waals surface area contributed by atoms with E-state index < -0.39 is 42.2 Å². The molecule has 2 aliphatic heterocycles. The van der Waals surface area contributed by atoms with Crippen LogP contribution in [0.25, 0.3) is 0 Å². The van der Waals surface area contributed by atoms with Crippen molar-refractivity contribution >= 4 is 41.4 Å². The molecule has 0 saturated carbocycles. The van der Waals surface area contributed by atoms with Crippen molar-refractivity contribution in [1.29, 1.82) is 0 Å². The van der Waals surface area contributed by atoms with Crippen LogP contribution in [0.1, 0.15) is 80.0 Å². The van der Waals surface area contributed by atoms with Gasteiger partial charge < -0.3 is 20.7 Å². The number of carbonyl (C=O) groups is 7. The van der Waals surface area contributed by atoms with Crippen LogP contribution in [-0.4, -0.2) is 77.5 Å². The number of nitrogens with one attached hydrogen (secondary N) is 4. The fraction of sp³-hybridized carbons (Fsp3) is 0.519. The minimum Gasteiger partial charge on any atom is -0.483 e. The quantitative estimate of drug-likeness (QED) is 0.207. The lowest BCUT2D eigenvalue weighted by atomic mass is 10.0. The number of rotatable bonds is 12. The molecule has 0 radical (unpaired) electrons. The summed E-state index contributed by atoms with van der Waals surface area (Å²) in [6.07, 6.45) is 1.45. The van der Waals surface area contributed by atoms with Crippen molar-refractivity contribution in [3.05, 3.63) is 29.3 Å². The lowest BCUT2D eigenvalue weighted by Gasteiger charge is -2.27. The van der Waals surface area contributed by atoms with E-state index >= 15 is 0 Å². The van der Waals surface area contributed by atoms with Crippen LogP contribution in [-0.2, 0) is 24.0 Å². The molecule has 0 bridgehead atoms. The third-order valence-electron chi connectivity index (χ3n) is 6.13. The SMILES string of the molecule is CC(C)(C)NC(=O)CCC(=O)NCCCCNC(=O)COc1cccc2c1C(=O)N(C1CCC(=O)NC1=O)C2=O. The van der Waals surface area contributed by atoms with E-state index in [1.807, 2.05) is 20.8 Å². The highest BCUT2D eigenvalue weighted by Crippen LogP contribution is 2.33. The molecule has 40 heavy (non-hydrogen) atoms. The second kappa shape index (κ2) is 13.2. The first-order valence-corrected chi connectivity index (χ1v) is 13.2. The maximum absolute atomic E-state index is 13.1. The van der Waals surface area contributed by atoms with Gasteiger partial charge in [-0.25, -0.2) is 0 Å². The first kappa shape index (κ1) is 30.3. The molecule has 2 aliphatic rings. The van der Waals surface area contributed by atoms with Crippen molar-refractivity contribution in [1.82, 2.24) is 26.2 Å². The highest BCUT2D eigenvalue weighted by Gasteiger charge is 2.46. The molecule has 1 unspecified atom stereocenters. The topological polar surface area (TPSA) is 180 Å². The average Bonchev–Trinajstić information content (AvgIpc) is 3.13. The van der Waals surface area contributed by atoms with Crippen LogP contribution >= 0.6 is 0 Å². The molecular weight excluding hydrogens is 522 g/mol. The Balaban J connectivity index is 1.38. The van der Waals surface area contributed by atoms with Crippen LogP contribution in [0, 0.1) is 0 Å². The monoisotopic (exact) mass is 557 g/mol. The molecule has 0 aromatic heterocycles. The van der Waals surface area contributed by atoms with Crippen molar-refractivity contribution < 1.29 is 38.3 Å². The van der Waals surface area contributed by atoms with Gasteiger partial charge in [-0.15, -0.1) is 0 Å². The van der Waals surface area contributed by atoms with E-state index in [1.165, 1.54) is 18.2 Å². The number of fused-ring (bicyclic) bond motifs is 1. The van der Waals surface area contributed by atoms with Gasteiger partial charge in [0.2, 0.25) is 23.6 Å². The van der Waals surface area contributed by atoms with Crippen molar-refractivity contribution in [3.8, 4) is 5.75 Å². The van der Waals surface area contributed by atoms with Gasteiger partial charge in [-0.3, -0.25) is 43.8 Å². The summed E-state index contributed by atoms with van der Waals surface area (Å²) in [4.78, 5) is 86.3. The highest BCUT2D eigenvalue weighted by molar-refractivity contribution is 6.24. The van der Waals surface area contributed by atoms with Crippen LogP contribution in [0.5, 0.6) is 5.75 Å². The number of hydrogen-bond acceptors (Lipinski definition) is 8. The molecule has 1 saturated heterocycles. The normalized spacial score (nSPS) is 16.8. The summed E-state index contributed by atoms with van der Waals surface area (Å²) in [5.74, 6) is -3.36. The Kier molecular flexibility index (Phi) is 9.97. The zero-order valence-corrected chi connectivity index (χ0v) is 22.9. The summed E-state index contributed by atoms with van der Waals surface area (Å²) in [6.45, 7) is 5.94. The molecule has 0 aliphatic carbocycles. The van der Waals surface area contributed by atoms with E-state index in [4.69, 9.17) is 4.74 Å². The van der Waals surface area contributed by atoms with Gasteiger partial charge >= 0.3 is 0 Å². The Morgan fingerprint density at radius 2 is 1.60 bits per heavy atom. The van der Waals surface area contributed by atoms with Crippen molar-refractivity contribution in [2.24, 2.45) is 0 Å². The number of ether oxygens (including phenoxy) is 1. The van der Waals surface area contributed by atoms with Crippen molar-refractivity contribution in [2.45, 2.75) is 70.9 Å². The molecule has 216 valence electrons. The van der Waals surface area contributed by atoms with E-state index in [2.05, 4.69) is 21.3 Å². The molecule has 3 rings (SSSR count). The zero-order chi connectivity index (χ0) is 29.4. The van der Waals surface area contributed by atoms with E-state index in [-0.39, 0.29) is 59.9 Å². The van der Waals surface area contributed by atoms with Gasteiger partial charge in [0.15, 0.2) is 6.61 Å². The minimum atomic E-state index is -1.10. The summed E-state index contributed by atoms with van der Waals surface area (Å²) in [5, 5.41) is 10.4. The van der Waals surface area contributed by atoms with Crippen LogP contribution in [0.4, 0.5) is 0 Å². The van der Waals surface area contributed by atoms with Gasteiger partial charge in [0.1, 0.15) is 11.8 Å². The number of benzene rings is 1. The van der Waals surface area contributed by atoms with Gasteiger partial charge in [-0.05, 0) is 52.2 Å². The van der Waals surface area contributed by atoms with Gasteiger partial charge in [-0.2, -0.15) is 0 Å². The molecule has 1 aromatic rings. The van der Waals surface area contributed by atoms with Crippen LogP contribution < -0.4 is 26.0 Å². The van der Waals surface area contributed by atoms with E-state index in [1.54, 1.807) is 0 Å². The van der Waals surface area contributed by atoms with Crippen molar-refractivity contribution in [3.63, 3.8) is 0 Å². The lowest BCUT2D eigenvalue weighted by Crippen LogP contribution is -2.54. The summed E-state index contributed by atoms with van der Waals surface area (Å²) >= 11 is 0. The molecular formula is C27H35N5O8. The molecule has 13 nitrogen and oxygen atoms in total.